The molecule has 3 rings (SSSR count). The van der Waals surface area contributed by atoms with Gasteiger partial charge in [-0.3, -0.25) is 0 Å². The molecule has 12 heteroatoms. The first kappa shape index (κ1) is 24.1. The van der Waals surface area contributed by atoms with E-state index in [-0.39, 0.29) is 23.0 Å². The fraction of sp³-hybridized carbons (Fsp3) is 0.238. The van der Waals surface area contributed by atoms with Gasteiger partial charge in [0.1, 0.15) is 23.1 Å². The van der Waals surface area contributed by atoms with Crippen molar-refractivity contribution in [3.63, 3.8) is 0 Å². The summed E-state index contributed by atoms with van der Waals surface area (Å²) in [5, 5.41) is 5.38. The van der Waals surface area contributed by atoms with E-state index in [0.717, 1.165) is 12.1 Å². The predicted octanol–water partition coefficient (Wildman–Crippen LogP) is 5.18. The lowest BCUT2D eigenvalue weighted by atomic mass is 10.1. The lowest BCUT2D eigenvalue weighted by molar-refractivity contribution is -0.274. The maximum atomic E-state index is 14.1. The minimum atomic E-state index is -4.88. The molecular weight excluding hydrogens is 452 g/mol. The molecule has 0 bridgehead atoms. The second kappa shape index (κ2) is 9.94. The summed E-state index contributed by atoms with van der Waals surface area (Å²) < 4.78 is 83.1. The molecule has 0 aliphatic rings. The van der Waals surface area contributed by atoms with E-state index in [0.29, 0.717) is 25.2 Å². The van der Waals surface area contributed by atoms with E-state index in [1.807, 2.05) is 19.0 Å². The molecule has 0 amide bonds. The van der Waals surface area contributed by atoms with E-state index < -0.39 is 35.3 Å². The lowest BCUT2D eigenvalue weighted by Crippen LogP contribution is -2.21. The van der Waals surface area contributed by atoms with Crippen molar-refractivity contribution in [1.82, 2.24) is 14.9 Å². The molecular formula is C21H19F6N5O. The standard InChI is InChI=1S/C21H19F6N5O/c1-32(2)7-6-28-20-29-17(12-4-3-5-14(8-12)33-21(25,26)27)11-18(31-20)30-19-15(23)9-13(22)10-16(19)24/h3-5,8-11H,6-7H2,1-2H3,(H2,28,29,30,31). The monoisotopic (exact) mass is 471 g/mol. The number of benzene rings is 2. The number of likely N-dealkylation sites (N-methyl/N-ethyl adjacent to an activating group) is 1. The van der Waals surface area contributed by atoms with Crippen LogP contribution in [0.3, 0.4) is 0 Å². The van der Waals surface area contributed by atoms with E-state index in [9.17, 15) is 26.3 Å². The molecule has 0 aliphatic heterocycles. The fourth-order valence-corrected chi connectivity index (χ4v) is 2.77. The number of rotatable bonds is 8. The Morgan fingerprint density at radius 2 is 1.67 bits per heavy atom. The Bertz CT molecular complexity index is 1100. The number of aromatic nitrogens is 2. The van der Waals surface area contributed by atoms with Gasteiger partial charge < -0.3 is 20.3 Å². The van der Waals surface area contributed by atoms with Crippen molar-refractivity contribution in [2.45, 2.75) is 6.36 Å². The molecule has 0 atom stereocenters. The van der Waals surface area contributed by atoms with Crippen LogP contribution in [0.25, 0.3) is 11.3 Å². The van der Waals surface area contributed by atoms with Crippen LogP contribution in [0, 0.1) is 17.5 Å². The Kier molecular flexibility index (Phi) is 7.26. The summed E-state index contributed by atoms with van der Waals surface area (Å²) in [7, 11) is 3.69. The molecule has 0 unspecified atom stereocenters. The van der Waals surface area contributed by atoms with Gasteiger partial charge in [0.25, 0.3) is 0 Å². The van der Waals surface area contributed by atoms with Gasteiger partial charge in [-0.1, -0.05) is 12.1 Å². The van der Waals surface area contributed by atoms with Crippen molar-refractivity contribution in [1.29, 1.82) is 0 Å². The highest BCUT2D eigenvalue weighted by molar-refractivity contribution is 5.68. The van der Waals surface area contributed by atoms with Crippen LogP contribution in [-0.2, 0) is 0 Å². The van der Waals surface area contributed by atoms with Crippen molar-refractivity contribution < 1.29 is 31.1 Å². The molecule has 6 nitrogen and oxygen atoms in total. The van der Waals surface area contributed by atoms with Crippen molar-refractivity contribution in [2.75, 3.05) is 37.8 Å². The second-order valence-corrected chi connectivity index (χ2v) is 7.14. The molecule has 0 fully saturated rings. The summed E-state index contributed by atoms with van der Waals surface area (Å²) >= 11 is 0. The number of alkyl halides is 3. The molecule has 0 saturated carbocycles. The largest absolute Gasteiger partial charge is 0.573 e. The Balaban J connectivity index is 1.99. The molecule has 0 radical (unpaired) electrons. The van der Waals surface area contributed by atoms with Crippen LogP contribution >= 0.6 is 0 Å². The van der Waals surface area contributed by atoms with Gasteiger partial charge in [0.05, 0.1) is 5.69 Å². The molecule has 3 aromatic rings. The minimum Gasteiger partial charge on any atom is -0.406 e. The summed E-state index contributed by atoms with van der Waals surface area (Å²) in [6, 6.07) is 7.34. The Labute approximate surface area is 185 Å². The highest BCUT2D eigenvalue weighted by Crippen LogP contribution is 2.30. The van der Waals surface area contributed by atoms with Crippen LogP contribution in [0.2, 0.25) is 0 Å². The maximum absolute atomic E-state index is 14.1. The van der Waals surface area contributed by atoms with Crippen LogP contribution in [0.5, 0.6) is 5.75 Å². The van der Waals surface area contributed by atoms with Gasteiger partial charge in [-0.05, 0) is 26.2 Å². The maximum Gasteiger partial charge on any atom is 0.573 e. The van der Waals surface area contributed by atoms with Gasteiger partial charge in [0, 0.05) is 36.9 Å². The van der Waals surface area contributed by atoms with Crippen molar-refractivity contribution in [3.05, 3.63) is 59.9 Å². The third-order valence-electron chi connectivity index (χ3n) is 4.19. The van der Waals surface area contributed by atoms with Crippen LogP contribution in [0.15, 0.2) is 42.5 Å². The highest BCUT2D eigenvalue weighted by Gasteiger charge is 2.31. The fourth-order valence-electron chi connectivity index (χ4n) is 2.77. The van der Waals surface area contributed by atoms with Crippen LogP contribution in [0.4, 0.5) is 43.8 Å². The molecule has 0 aliphatic carbocycles. The van der Waals surface area contributed by atoms with Gasteiger partial charge in [0.2, 0.25) is 5.95 Å². The summed E-state index contributed by atoms with van der Waals surface area (Å²) in [5.41, 5.74) is -0.261. The highest BCUT2D eigenvalue weighted by atomic mass is 19.4. The Morgan fingerprint density at radius 1 is 0.970 bits per heavy atom. The third-order valence-corrected chi connectivity index (χ3v) is 4.19. The molecule has 0 saturated heterocycles. The number of hydrogen-bond donors (Lipinski definition) is 2. The molecule has 1 aromatic heterocycles. The minimum absolute atomic E-state index is 0.0573. The van der Waals surface area contributed by atoms with Gasteiger partial charge in [0.15, 0.2) is 11.6 Å². The van der Waals surface area contributed by atoms with Gasteiger partial charge in [-0.25, -0.2) is 18.2 Å². The van der Waals surface area contributed by atoms with Crippen molar-refractivity contribution >= 4 is 17.5 Å². The summed E-state index contributed by atoms with van der Waals surface area (Å²) in [6.07, 6.45) is -4.88. The number of nitrogens with one attached hydrogen (secondary N) is 2. The zero-order valence-corrected chi connectivity index (χ0v) is 17.5. The average Bonchev–Trinajstić information content (AvgIpc) is 2.69. The van der Waals surface area contributed by atoms with E-state index in [1.165, 1.54) is 18.2 Å². The number of anilines is 3. The van der Waals surface area contributed by atoms with Crippen LogP contribution in [0.1, 0.15) is 0 Å². The average molecular weight is 471 g/mol. The Morgan fingerprint density at radius 3 is 2.30 bits per heavy atom. The normalized spacial score (nSPS) is 11.5. The molecule has 176 valence electrons. The molecule has 2 N–H and O–H groups in total. The zero-order valence-electron chi connectivity index (χ0n) is 17.5. The van der Waals surface area contributed by atoms with Gasteiger partial charge >= 0.3 is 6.36 Å². The van der Waals surface area contributed by atoms with E-state index in [2.05, 4.69) is 25.3 Å². The summed E-state index contributed by atoms with van der Waals surface area (Å²) in [5.74, 6) is -3.94. The second-order valence-electron chi connectivity index (χ2n) is 7.14. The molecule has 33 heavy (non-hydrogen) atoms. The van der Waals surface area contributed by atoms with Gasteiger partial charge in [-0.15, -0.1) is 13.2 Å². The predicted molar refractivity (Wildman–Crippen MR) is 111 cm³/mol. The smallest absolute Gasteiger partial charge is 0.406 e. The van der Waals surface area contributed by atoms with Crippen LogP contribution < -0.4 is 15.4 Å². The van der Waals surface area contributed by atoms with E-state index >= 15 is 0 Å². The lowest BCUT2D eigenvalue weighted by Gasteiger charge is -2.14. The number of ether oxygens (including phenoxy) is 1. The first-order chi connectivity index (χ1) is 15.5. The van der Waals surface area contributed by atoms with E-state index in [4.69, 9.17) is 0 Å². The van der Waals surface area contributed by atoms with Gasteiger partial charge in [-0.2, -0.15) is 4.98 Å². The van der Waals surface area contributed by atoms with Crippen LogP contribution in [-0.4, -0.2) is 48.4 Å². The van der Waals surface area contributed by atoms with Crippen molar-refractivity contribution in [3.8, 4) is 17.0 Å². The summed E-state index contributed by atoms with van der Waals surface area (Å²) in [6.45, 7) is 1.01. The molecule has 1 heterocycles. The first-order valence-electron chi connectivity index (χ1n) is 9.55. The zero-order chi connectivity index (χ0) is 24.2. The van der Waals surface area contributed by atoms with E-state index in [1.54, 1.807) is 0 Å². The Hall–Kier alpha value is -3.54. The molecule has 2 aromatic carbocycles. The number of nitrogens with zero attached hydrogens (tertiary/aromatic N) is 3. The molecule has 0 spiro atoms. The number of hydrogen-bond acceptors (Lipinski definition) is 6. The number of halogens is 6. The first-order valence-corrected chi connectivity index (χ1v) is 9.55. The SMILES string of the molecule is CN(C)CCNc1nc(Nc2c(F)cc(F)cc2F)cc(-c2cccc(OC(F)(F)F)c2)n1. The van der Waals surface area contributed by atoms with Crippen molar-refractivity contribution in [2.24, 2.45) is 0 Å². The quantitative estimate of drug-likeness (QED) is 0.442. The summed E-state index contributed by atoms with van der Waals surface area (Å²) in [4.78, 5) is 10.3. The topological polar surface area (TPSA) is 62.3 Å². The third kappa shape index (κ3) is 6.97.